The third-order valence-corrected chi connectivity index (χ3v) is 2.98. The summed E-state index contributed by atoms with van der Waals surface area (Å²) in [7, 11) is 0. The smallest absolute Gasteiger partial charge is 0.371 e. The largest absolute Gasteiger partial charge is 0.502 e. The van der Waals surface area contributed by atoms with Crippen molar-refractivity contribution < 1.29 is 19.8 Å². The van der Waals surface area contributed by atoms with E-state index < -0.39 is 17.5 Å². The van der Waals surface area contributed by atoms with Gasteiger partial charge in [-0.25, -0.2) is 4.79 Å². The number of hydrogen-bond acceptors (Lipinski definition) is 3. The fraction of sp³-hybridized carbons (Fsp3) is 0.0588. The molecule has 0 aliphatic rings. The van der Waals surface area contributed by atoms with Gasteiger partial charge in [-0.2, -0.15) is 0 Å². The molecular formula is C17H15NO4. The number of aliphatic hydroxyl groups excluding tert-OH is 1. The highest BCUT2D eigenvalue weighted by molar-refractivity contribution is 6.05. The van der Waals surface area contributed by atoms with Crippen LogP contribution >= 0.6 is 0 Å². The third kappa shape index (κ3) is 4.21. The average Bonchev–Trinajstić information content (AvgIpc) is 2.93. The summed E-state index contributed by atoms with van der Waals surface area (Å²) in [6.45, 7) is 0.665. The molecule has 2 aromatic rings. The average molecular weight is 297 g/mol. The lowest BCUT2D eigenvalue weighted by molar-refractivity contribution is -0.135. The second-order valence-corrected chi connectivity index (χ2v) is 4.62. The fourth-order valence-corrected chi connectivity index (χ4v) is 1.91. The third-order valence-electron chi connectivity index (χ3n) is 2.98. The van der Waals surface area contributed by atoms with Gasteiger partial charge in [0.15, 0.2) is 5.78 Å². The van der Waals surface area contributed by atoms with E-state index in [1.807, 2.05) is 53.2 Å². The van der Waals surface area contributed by atoms with Crippen LogP contribution in [0.2, 0.25) is 0 Å². The molecule has 2 rings (SSSR count). The summed E-state index contributed by atoms with van der Waals surface area (Å²) in [6, 6.07) is 13.6. The number of aromatic nitrogens is 1. The van der Waals surface area contributed by atoms with Crippen LogP contribution in [-0.2, 0) is 16.1 Å². The fourth-order valence-electron chi connectivity index (χ4n) is 1.91. The number of carboxylic acid groups (broad SMARTS) is 1. The summed E-state index contributed by atoms with van der Waals surface area (Å²) in [5, 5.41) is 17.5. The highest BCUT2D eigenvalue weighted by Crippen LogP contribution is 2.09. The van der Waals surface area contributed by atoms with Crippen molar-refractivity contribution >= 4 is 17.8 Å². The van der Waals surface area contributed by atoms with E-state index in [4.69, 9.17) is 10.2 Å². The zero-order chi connectivity index (χ0) is 15.9. The Balaban J connectivity index is 2.10. The van der Waals surface area contributed by atoms with Gasteiger partial charge in [-0.3, -0.25) is 4.79 Å². The van der Waals surface area contributed by atoms with Crippen molar-refractivity contribution in [1.29, 1.82) is 0 Å². The van der Waals surface area contributed by atoms with Gasteiger partial charge in [0, 0.05) is 24.5 Å². The number of hydrogen-bond donors (Lipinski definition) is 2. The van der Waals surface area contributed by atoms with Crippen molar-refractivity contribution in [3.05, 3.63) is 77.8 Å². The maximum absolute atomic E-state index is 11.5. The zero-order valence-electron chi connectivity index (χ0n) is 11.7. The molecule has 0 spiro atoms. The molecule has 22 heavy (non-hydrogen) atoms. The molecule has 0 saturated heterocycles. The molecule has 1 aromatic heterocycles. The van der Waals surface area contributed by atoms with Crippen molar-refractivity contribution in [3.8, 4) is 0 Å². The first-order chi connectivity index (χ1) is 10.6. The predicted octanol–water partition coefficient (Wildman–Crippen LogP) is 2.65. The second-order valence-electron chi connectivity index (χ2n) is 4.62. The van der Waals surface area contributed by atoms with E-state index in [0.29, 0.717) is 12.6 Å². The lowest BCUT2D eigenvalue weighted by atomic mass is 10.2. The van der Waals surface area contributed by atoms with Gasteiger partial charge >= 0.3 is 5.97 Å². The summed E-state index contributed by atoms with van der Waals surface area (Å²) in [6.07, 6.45) is 5.36. The first-order valence-corrected chi connectivity index (χ1v) is 6.61. The van der Waals surface area contributed by atoms with Gasteiger partial charge in [0.05, 0.1) is 0 Å². The quantitative estimate of drug-likeness (QED) is 0.634. The molecule has 0 saturated carbocycles. The number of ketones is 1. The van der Waals surface area contributed by atoms with Crippen LogP contribution in [0.5, 0.6) is 0 Å². The van der Waals surface area contributed by atoms with Gasteiger partial charge in [0.2, 0.25) is 5.76 Å². The van der Waals surface area contributed by atoms with Crippen molar-refractivity contribution in [3.63, 3.8) is 0 Å². The molecule has 1 heterocycles. The maximum Gasteiger partial charge on any atom is 0.371 e. The topological polar surface area (TPSA) is 79.5 Å². The minimum Gasteiger partial charge on any atom is -0.502 e. The molecule has 0 atom stereocenters. The van der Waals surface area contributed by atoms with Crippen LogP contribution in [0.4, 0.5) is 0 Å². The van der Waals surface area contributed by atoms with Crippen molar-refractivity contribution in [1.82, 2.24) is 4.57 Å². The van der Waals surface area contributed by atoms with Gasteiger partial charge in [-0.15, -0.1) is 0 Å². The van der Waals surface area contributed by atoms with E-state index in [1.54, 1.807) is 6.08 Å². The minimum atomic E-state index is -1.53. The van der Waals surface area contributed by atoms with Crippen LogP contribution in [-0.4, -0.2) is 26.5 Å². The molecule has 0 aliphatic carbocycles. The van der Waals surface area contributed by atoms with Crippen LogP contribution in [0, 0.1) is 0 Å². The van der Waals surface area contributed by atoms with Crippen LogP contribution in [0.3, 0.4) is 0 Å². The molecule has 0 unspecified atom stereocenters. The second kappa shape index (κ2) is 7.08. The van der Waals surface area contributed by atoms with E-state index in [-0.39, 0.29) is 0 Å². The van der Waals surface area contributed by atoms with E-state index in [1.165, 1.54) is 6.08 Å². The highest BCUT2D eigenvalue weighted by Gasteiger charge is 2.05. The van der Waals surface area contributed by atoms with Gasteiger partial charge in [0.1, 0.15) is 0 Å². The van der Waals surface area contributed by atoms with E-state index in [9.17, 15) is 9.59 Å². The number of benzene rings is 1. The zero-order valence-corrected chi connectivity index (χ0v) is 11.7. The lowest BCUT2D eigenvalue weighted by Gasteiger charge is -2.06. The Morgan fingerprint density at radius 2 is 1.77 bits per heavy atom. The van der Waals surface area contributed by atoms with Crippen LogP contribution in [0.1, 0.15) is 11.3 Å². The number of nitrogens with zero attached hydrogens (tertiary/aromatic N) is 1. The van der Waals surface area contributed by atoms with Crippen molar-refractivity contribution in [2.75, 3.05) is 0 Å². The summed E-state index contributed by atoms with van der Waals surface area (Å²) in [4.78, 5) is 22.0. The monoisotopic (exact) mass is 297 g/mol. The van der Waals surface area contributed by atoms with Gasteiger partial charge in [0.25, 0.3) is 0 Å². The Labute approximate surface area is 127 Å². The Bertz CT molecular complexity index is 726. The normalized spacial score (nSPS) is 11.7. The number of carbonyl (C=O) groups is 2. The summed E-state index contributed by atoms with van der Waals surface area (Å²) >= 11 is 0. The molecule has 5 nitrogen and oxygen atoms in total. The summed E-state index contributed by atoms with van der Waals surface area (Å²) in [5.41, 5.74) is 1.93. The van der Waals surface area contributed by atoms with Crippen LogP contribution in [0.25, 0.3) is 6.08 Å². The van der Waals surface area contributed by atoms with Crippen LogP contribution < -0.4 is 0 Å². The van der Waals surface area contributed by atoms with E-state index in [0.717, 1.165) is 11.3 Å². The Hall–Kier alpha value is -3.08. The Kier molecular flexibility index (Phi) is 4.93. The van der Waals surface area contributed by atoms with Gasteiger partial charge in [-0.05, 0) is 29.8 Å². The number of carbonyl (C=O) groups excluding carboxylic acids is 1. The molecular weight excluding hydrogens is 282 g/mol. The molecule has 0 aliphatic heterocycles. The van der Waals surface area contributed by atoms with Crippen molar-refractivity contribution in [2.45, 2.75) is 6.54 Å². The maximum atomic E-state index is 11.5. The highest BCUT2D eigenvalue weighted by atomic mass is 16.4. The molecule has 5 heteroatoms. The number of rotatable bonds is 6. The minimum absolute atomic E-state index is 0.590. The molecule has 0 bridgehead atoms. The number of aliphatic hydroxyl groups is 1. The SMILES string of the molecule is O=C(/C=C(\O)C(=O)O)/C=C/c1cccn1Cc1ccccc1. The Morgan fingerprint density at radius 1 is 1.05 bits per heavy atom. The molecule has 112 valence electrons. The summed E-state index contributed by atoms with van der Waals surface area (Å²) in [5.74, 6) is -3.10. The number of aliphatic carboxylic acids is 1. The standard InChI is InChI=1S/C17H15NO4/c19-15(11-16(20)17(21)22)9-8-14-7-4-10-18(14)12-13-5-2-1-3-6-13/h1-11,20H,12H2,(H,21,22)/b9-8+,16-11-. The van der Waals surface area contributed by atoms with Crippen LogP contribution in [0.15, 0.2) is 66.6 Å². The predicted molar refractivity (Wildman–Crippen MR) is 82.4 cm³/mol. The molecule has 0 radical (unpaired) electrons. The summed E-state index contributed by atoms with van der Waals surface area (Å²) < 4.78 is 1.96. The van der Waals surface area contributed by atoms with E-state index in [2.05, 4.69) is 0 Å². The van der Waals surface area contributed by atoms with Crippen molar-refractivity contribution in [2.24, 2.45) is 0 Å². The molecule has 0 fully saturated rings. The molecule has 0 amide bonds. The molecule has 2 N–H and O–H groups in total. The first-order valence-electron chi connectivity index (χ1n) is 6.61. The number of carboxylic acids is 1. The first kappa shape index (κ1) is 15.3. The van der Waals surface area contributed by atoms with Gasteiger partial charge < -0.3 is 14.8 Å². The van der Waals surface area contributed by atoms with E-state index >= 15 is 0 Å². The lowest BCUT2D eigenvalue weighted by Crippen LogP contribution is -2.02. The number of allylic oxidation sites excluding steroid dienone is 2. The Morgan fingerprint density at radius 3 is 2.45 bits per heavy atom. The molecule has 1 aromatic carbocycles. The van der Waals surface area contributed by atoms with Gasteiger partial charge in [-0.1, -0.05) is 30.3 Å².